The third-order valence-corrected chi connectivity index (χ3v) is 4.31. The molecule has 0 spiro atoms. The van der Waals surface area contributed by atoms with Crippen LogP contribution in [0.5, 0.6) is 0 Å². The van der Waals surface area contributed by atoms with Gasteiger partial charge in [0.25, 0.3) is 0 Å². The van der Waals surface area contributed by atoms with Crippen molar-refractivity contribution in [2.45, 2.75) is 39.2 Å². The number of nitrogens with one attached hydrogen (secondary N) is 1. The van der Waals surface area contributed by atoms with Crippen molar-refractivity contribution in [1.29, 1.82) is 0 Å². The summed E-state index contributed by atoms with van der Waals surface area (Å²) in [5.41, 5.74) is 1.18. The van der Waals surface area contributed by atoms with Crippen LogP contribution in [0.15, 0.2) is 12.3 Å². The zero-order valence-corrected chi connectivity index (χ0v) is 12.6. The first-order valence-electron chi connectivity index (χ1n) is 7.63. The van der Waals surface area contributed by atoms with Gasteiger partial charge in [0.15, 0.2) is 0 Å². The Balaban J connectivity index is 1.70. The van der Waals surface area contributed by atoms with Gasteiger partial charge in [-0.15, -0.1) is 0 Å². The Hall–Kier alpha value is -0.870. The topological polar surface area (TPSA) is 33.1 Å². The molecule has 108 valence electrons. The minimum absolute atomic E-state index is 0.609. The molecule has 1 aromatic heterocycles. The minimum Gasteiger partial charge on any atom is -0.314 e. The molecule has 1 saturated heterocycles. The van der Waals surface area contributed by atoms with E-state index in [1.54, 1.807) is 0 Å². The summed E-state index contributed by atoms with van der Waals surface area (Å²) in [6, 6.07) is 2.71. The van der Waals surface area contributed by atoms with Crippen molar-refractivity contribution in [2.24, 2.45) is 13.0 Å². The van der Waals surface area contributed by atoms with Crippen LogP contribution in [0.1, 0.15) is 32.4 Å². The Bertz CT molecular complexity index is 374. The standard InChI is InChI=1S/C15H28N4/c1-4-19-10-5-6-14(12-19)13(2)16-9-7-15-8-11-18(3)17-15/h8,11,13-14,16H,4-7,9-10,12H2,1-3H3. The molecule has 2 rings (SSSR count). The van der Waals surface area contributed by atoms with Crippen molar-refractivity contribution in [1.82, 2.24) is 20.0 Å². The lowest BCUT2D eigenvalue weighted by molar-refractivity contribution is 0.157. The maximum Gasteiger partial charge on any atom is 0.0637 e. The van der Waals surface area contributed by atoms with E-state index in [-0.39, 0.29) is 0 Å². The van der Waals surface area contributed by atoms with E-state index in [4.69, 9.17) is 0 Å². The van der Waals surface area contributed by atoms with Gasteiger partial charge in [-0.2, -0.15) is 5.10 Å². The van der Waals surface area contributed by atoms with E-state index in [9.17, 15) is 0 Å². The van der Waals surface area contributed by atoms with Crippen LogP contribution in [-0.4, -0.2) is 46.9 Å². The Morgan fingerprint density at radius 1 is 1.53 bits per heavy atom. The van der Waals surface area contributed by atoms with Gasteiger partial charge in [0.05, 0.1) is 5.69 Å². The van der Waals surface area contributed by atoms with Gasteiger partial charge in [0.2, 0.25) is 0 Å². The minimum atomic E-state index is 0.609. The lowest BCUT2D eigenvalue weighted by Crippen LogP contribution is -2.44. The van der Waals surface area contributed by atoms with E-state index in [1.807, 2.05) is 17.9 Å². The quantitative estimate of drug-likeness (QED) is 0.848. The van der Waals surface area contributed by atoms with E-state index in [2.05, 4.69) is 35.2 Å². The summed E-state index contributed by atoms with van der Waals surface area (Å²) >= 11 is 0. The Kier molecular flexibility index (Phi) is 5.40. The molecule has 1 fully saturated rings. The average molecular weight is 264 g/mol. The van der Waals surface area contributed by atoms with Crippen LogP contribution in [-0.2, 0) is 13.5 Å². The molecule has 2 unspecified atom stereocenters. The molecular formula is C15H28N4. The van der Waals surface area contributed by atoms with Gasteiger partial charge in [0, 0.05) is 38.8 Å². The molecular weight excluding hydrogens is 236 g/mol. The number of piperidine rings is 1. The maximum atomic E-state index is 4.41. The molecule has 0 saturated carbocycles. The molecule has 1 N–H and O–H groups in total. The largest absolute Gasteiger partial charge is 0.314 e. The molecule has 0 amide bonds. The van der Waals surface area contributed by atoms with Gasteiger partial charge in [0.1, 0.15) is 0 Å². The summed E-state index contributed by atoms with van der Waals surface area (Å²) in [4.78, 5) is 2.57. The highest BCUT2D eigenvalue weighted by molar-refractivity contribution is 4.99. The second-order valence-electron chi connectivity index (χ2n) is 5.77. The summed E-state index contributed by atoms with van der Waals surface area (Å²) in [7, 11) is 1.97. The van der Waals surface area contributed by atoms with Crippen molar-refractivity contribution in [3.8, 4) is 0 Å². The van der Waals surface area contributed by atoms with Crippen LogP contribution in [0.2, 0.25) is 0 Å². The number of rotatable bonds is 6. The summed E-state index contributed by atoms with van der Waals surface area (Å²) in [5.74, 6) is 0.803. The molecule has 1 aromatic rings. The Morgan fingerprint density at radius 2 is 2.37 bits per heavy atom. The van der Waals surface area contributed by atoms with E-state index in [1.165, 1.54) is 38.2 Å². The van der Waals surface area contributed by atoms with Crippen molar-refractivity contribution in [3.63, 3.8) is 0 Å². The molecule has 2 heterocycles. The molecule has 2 atom stereocenters. The Morgan fingerprint density at radius 3 is 3.05 bits per heavy atom. The number of likely N-dealkylation sites (tertiary alicyclic amines) is 1. The highest BCUT2D eigenvalue weighted by Gasteiger charge is 2.23. The van der Waals surface area contributed by atoms with Crippen LogP contribution < -0.4 is 5.32 Å². The predicted molar refractivity (Wildman–Crippen MR) is 79.2 cm³/mol. The monoisotopic (exact) mass is 264 g/mol. The van der Waals surface area contributed by atoms with E-state index in [0.717, 1.165) is 18.9 Å². The SMILES string of the molecule is CCN1CCCC(C(C)NCCc2ccn(C)n2)C1. The lowest BCUT2D eigenvalue weighted by Gasteiger charge is -2.35. The highest BCUT2D eigenvalue weighted by Crippen LogP contribution is 2.19. The van der Waals surface area contributed by atoms with E-state index < -0.39 is 0 Å². The van der Waals surface area contributed by atoms with Crippen LogP contribution in [0.25, 0.3) is 0 Å². The fraction of sp³-hybridized carbons (Fsp3) is 0.800. The predicted octanol–water partition coefficient (Wildman–Crippen LogP) is 1.67. The van der Waals surface area contributed by atoms with E-state index >= 15 is 0 Å². The molecule has 0 bridgehead atoms. The summed E-state index contributed by atoms with van der Waals surface area (Å²) in [5, 5.41) is 8.09. The van der Waals surface area contributed by atoms with Crippen molar-refractivity contribution >= 4 is 0 Å². The molecule has 0 aromatic carbocycles. The van der Waals surface area contributed by atoms with E-state index in [0.29, 0.717) is 6.04 Å². The molecule has 1 aliphatic rings. The van der Waals surface area contributed by atoms with Gasteiger partial charge in [-0.1, -0.05) is 6.92 Å². The second-order valence-corrected chi connectivity index (χ2v) is 5.77. The van der Waals surface area contributed by atoms with Crippen LogP contribution >= 0.6 is 0 Å². The number of hydrogen-bond acceptors (Lipinski definition) is 3. The summed E-state index contributed by atoms with van der Waals surface area (Å²) < 4.78 is 1.87. The number of aromatic nitrogens is 2. The third kappa shape index (κ3) is 4.32. The summed E-state index contributed by atoms with van der Waals surface area (Å²) in [6.07, 6.45) is 5.76. The zero-order valence-electron chi connectivity index (χ0n) is 12.6. The van der Waals surface area contributed by atoms with Gasteiger partial charge in [-0.25, -0.2) is 0 Å². The maximum absolute atomic E-state index is 4.41. The lowest BCUT2D eigenvalue weighted by atomic mass is 9.91. The highest BCUT2D eigenvalue weighted by atomic mass is 15.2. The molecule has 0 aliphatic carbocycles. The average Bonchev–Trinajstić information content (AvgIpc) is 2.84. The fourth-order valence-corrected chi connectivity index (χ4v) is 2.98. The second kappa shape index (κ2) is 7.06. The molecule has 1 aliphatic heterocycles. The fourth-order valence-electron chi connectivity index (χ4n) is 2.98. The number of aryl methyl sites for hydroxylation is 1. The molecule has 19 heavy (non-hydrogen) atoms. The first kappa shape index (κ1) is 14.5. The third-order valence-electron chi connectivity index (χ3n) is 4.31. The van der Waals surface area contributed by atoms with Gasteiger partial charge in [-0.05, 0) is 44.8 Å². The Labute approximate surface area is 117 Å². The van der Waals surface area contributed by atoms with Gasteiger partial charge in [-0.3, -0.25) is 4.68 Å². The number of nitrogens with zero attached hydrogens (tertiary/aromatic N) is 3. The van der Waals surface area contributed by atoms with Gasteiger partial charge >= 0.3 is 0 Å². The first-order chi connectivity index (χ1) is 9.19. The van der Waals surface area contributed by atoms with Crippen LogP contribution in [0.4, 0.5) is 0 Å². The van der Waals surface area contributed by atoms with Crippen LogP contribution in [0, 0.1) is 5.92 Å². The van der Waals surface area contributed by atoms with Crippen molar-refractivity contribution < 1.29 is 0 Å². The first-order valence-corrected chi connectivity index (χ1v) is 7.63. The molecule has 4 nitrogen and oxygen atoms in total. The number of hydrogen-bond donors (Lipinski definition) is 1. The van der Waals surface area contributed by atoms with Crippen molar-refractivity contribution in [3.05, 3.63) is 18.0 Å². The summed E-state index contributed by atoms with van der Waals surface area (Å²) in [6.45, 7) is 9.36. The molecule has 4 heteroatoms. The smallest absolute Gasteiger partial charge is 0.0637 e. The normalized spacial score (nSPS) is 22.6. The van der Waals surface area contributed by atoms with Crippen LogP contribution in [0.3, 0.4) is 0 Å². The molecule has 0 radical (unpaired) electrons. The zero-order chi connectivity index (χ0) is 13.7. The van der Waals surface area contributed by atoms with Crippen molar-refractivity contribution in [2.75, 3.05) is 26.2 Å². The van der Waals surface area contributed by atoms with Gasteiger partial charge < -0.3 is 10.2 Å².